The maximum absolute atomic E-state index is 7.87. The van der Waals surface area contributed by atoms with Gasteiger partial charge in [-0.25, -0.2) is 0 Å². The Morgan fingerprint density at radius 2 is 1.80 bits per heavy atom. The van der Waals surface area contributed by atoms with Crippen LogP contribution in [-0.2, 0) is 0 Å². The van der Waals surface area contributed by atoms with Gasteiger partial charge in [0.25, 0.3) is 0 Å². The Balaban J connectivity index is 2.83. The lowest BCUT2D eigenvalue weighted by molar-refractivity contribution is 0.0318. The van der Waals surface area contributed by atoms with E-state index in [0.29, 0.717) is 0 Å². The summed E-state index contributed by atoms with van der Waals surface area (Å²) in [5.74, 6) is -1.20. The van der Waals surface area contributed by atoms with Crippen molar-refractivity contribution in [1.82, 2.24) is 0 Å². The SMILES string of the molecule is C=[Si]C(O)O. The van der Waals surface area contributed by atoms with Crippen molar-refractivity contribution in [3.05, 3.63) is 0 Å². The smallest absolute Gasteiger partial charge is 0.150 e. The van der Waals surface area contributed by atoms with Gasteiger partial charge in [-0.3, -0.25) is 0 Å². The molecule has 29 valence electrons. The molecule has 0 bridgehead atoms. The molecular formula is C2H5O2Si. The maximum atomic E-state index is 7.87. The van der Waals surface area contributed by atoms with Crippen LogP contribution in [-0.4, -0.2) is 31.4 Å². The third-order valence-electron chi connectivity index (χ3n) is 0.183. The molecule has 0 aliphatic heterocycles. The van der Waals surface area contributed by atoms with Crippen LogP contribution in [0.5, 0.6) is 0 Å². The molecule has 0 fully saturated rings. The molecule has 0 unspecified atom stereocenters. The molecule has 0 aliphatic rings. The third-order valence-corrected chi connectivity index (χ3v) is 0.548. The average Bonchev–Trinajstić information content (AvgIpc) is 1.38. The van der Waals surface area contributed by atoms with Gasteiger partial charge < -0.3 is 10.2 Å². The van der Waals surface area contributed by atoms with Gasteiger partial charge in [0.1, 0.15) is 0 Å². The number of hydrogen-bond acceptors (Lipinski definition) is 2. The van der Waals surface area contributed by atoms with E-state index in [-0.39, 0.29) is 9.13 Å². The molecule has 0 rings (SSSR count). The van der Waals surface area contributed by atoms with E-state index in [2.05, 4.69) is 6.17 Å². The number of hydrogen-bond donors (Lipinski definition) is 2. The Kier molecular flexibility index (Phi) is 2.26. The third kappa shape index (κ3) is 4.01. The van der Waals surface area contributed by atoms with Crippen molar-refractivity contribution in [2.75, 3.05) is 0 Å². The zero-order valence-electron chi connectivity index (χ0n) is 2.68. The van der Waals surface area contributed by atoms with Crippen molar-refractivity contribution in [2.45, 2.75) is 5.91 Å². The van der Waals surface area contributed by atoms with Gasteiger partial charge in [0.2, 0.25) is 0 Å². The van der Waals surface area contributed by atoms with Gasteiger partial charge in [-0.2, -0.15) is 0 Å². The molecule has 0 aromatic carbocycles. The lowest BCUT2D eigenvalue weighted by Crippen LogP contribution is -2.05. The molecule has 0 saturated heterocycles. The molecule has 1 radical (unpaired) electrons. The van der Waals surface area contributed by atoms with Crippen molar-refractivity contribution in [3.63, 3.8) is 0 Å². The van der Waals surface area contributed by atoms with Crippen LogP contribution in [0.2, 0.25) is 0 Å². The zero-order valence-corrected chi connectivity index (χ0v) is 3.68. The fraction of sp³-hybridized carbons (Fsp3) is 0.500. The first-order valence-corrected chi connectivity index (χ1v) is 2.44. The van der Waals surface area contributed by atoms with Gasteiger partial charge in [-0.1, -0.05) is 0 Å². The maximum Gasteiger partial charge on any atom is 0.150 e. The average molecular weight is 89.1 g/mol. The van der Waals surface area contributed by atoms with Crippen LogP contribution in [0.4, 0.5) is 0 Å². The highest BCUT2D eigenvalue weighted by Gasteiger charge is 1.78. The van der Waals surface area contributed by atoms with E-state index >= 15 is 0 Å². The van der Waals surface area contributed by atoms with Crippen molar-refractivity contribution in [1.29, 1.82) is 0 Å². The first-order valence-electron chi connectivity index (χ1n) is 1.16. The van der Waals surface area contributed by atoms with Crippen molar-refractivity contribution >= 4 is 15.3 Å². The standard InChI is InChI=1S/C2H5O2Si/c1-5-2(3)4/h2-4H,1H2. The second-order valence-electron chi connectivity index (χ2n) is 0.578. The van der Waals surface area contributed by atoms with Gasteiger partial charge >= 0.3 is 0 Å². The molecule has 3 heteroatoms. The fourth-order valence-corrected chi connectivity index (χ4v) is 0. The van der Waals surface area contributed by atoms with Gasteiger partial charge in [0.15, 0.2) is 5.91 Å². The summed E-state index contributed by atoms with van der Waals surface area (Å²) in [4.78, 5) is 0. The summed E-state index contributed by atoms with van der Waals surface area (Å²) >= 11 is 0. The predicted octanol–water partition coefficient (Wildman–Crippen LogP) is -1.61. The first-order chi connectivity index (χ1) is 2.27. The molecule has 0 amide bonds. The second-order valence-corrected chi connectivity index (χ2v) is 1.50. The van der Waals surface area contributed by atoms with E-state index in [1.54, 1.807) is 0 Å². The summed E-state index contributed by atoms with van der Waals surface area (Å²) in [7, 11) is -0.0247. The highest BCUT2D eigenvalue weighted by molar-refractivity contribution is 6.41. The van der Waals surface area contributed by atoms with E-state index in [9.17, 15) is 0 Å². The normalized spacial score (nSPS) is 8.60. The van der Waals surface area contributed by atoms with E-state index in [1.165, 1.54) is 0 Å². The lowest BCUT2D eigenvalue weighted by Gasteiger charge is -1.83. The monoisotopic (exact) mass is 89.0 g/mol. The predicted molar refractivity (Wildman–Crippen MR) is 21.1 cm³/mol. The molecule has 0 heterocycles. The molecular weight excluding hydrogens is 84.1 g/mol. The molecule has 0 saturated carbocycles. The minimum Gasteiger partial charge on any atom is -0.369 e. The summed E-state index contributed by atoms with van der Waals surface area (Å²) in [6.07, 6.45) is 3.21. The summed E-state index contributed by atoms with van der Waals surface area (Å²) in [5.41, 5.74) is 0. The summed E-state index contributed by atoms with van der Waals surface area (Å²) in [6, 6.07) is 0. The Hall–Kier alpha value is 0.00688. The van der Waals surface area contributed by atoms with Crippen molar-refractivity contribution in [3.8, 4) is 0 Å². The van der Waals surface area contributed by atoms with Crippen LogP contribution in [0.15, 0.2) is 0 Å². The fourth-order valence-electron chi connectivity index (χ4n) is 0. The van der Waals surface area contributed by atoms with Crippen molar-refractivity contribution in [2.24, 2.45) is 0 Å². The van der Waals surface area contributed by atoms with Crippen LogP contribution >= 0.6 is 0 Å². The van der Waals surface area contributed by atoms with E-state index in [0.717, 1.165) is 0 Å². The quantitative estimate of drug-likeness (QED) is 0.300. The number of rotatable bonds is 1. The Morgan fingerprint density at radius 1 is 1.60 bits per heavy atom. The van der Waals surface area contributed by atoms with Gasteiger partial charge in [-0.15, -0.1) is 6.17 Å². The van der Waals surface area contributed by atoms with Gasteiger partial charge in [0, 0.05) is 0 Å². The van der Waals surface area contributed by atoms with E-state index < -0.39 is 5.91 Å². The van der Waals surface area contributed by atoms with Crippen LogP contribution in [0.25, 0.3) is 0 Å². The highest BCUT2D eigenvalue weighted by Crippen LogP contribution is 1.52. The summed E-state index contributed by atoms with van der Waals surface area (Å²) < 4.78 is 0. The van der Waals surface area contributed by atoms with E-state index in [4.69, 9.17) is 10.2 Å². The van der Waals surface area contributed by atoms with Crippen LogP contribution in [0.1, 0.15) is 0 Å². The van der Waals surface area contributed by atoms with Crippen LogP contribution < -0.4 is 0 Å². The van der Waals surface area contributed by atoms with E-state index in [1.807, 2.05) is 0 Å². The molecule has 0 aliphatic carbocycles. The molecule has 2 N–H and O–H groups in total. The molecule has 0 aromatic rings. The first kappa shape index (κ1) is 5.01. The molecule has 2 nitrogen and oxygen atoms in total. The molecule has 5 heavy (non-hydrogen) atoms. The number of aliphatic hydroxyl groups excluding tert-OH is 1. The van der Waals surface area contributed by atoms with Gasteiger partial charge in [-0.05, 0) is 0 Å². The molecule has 0 atom stereocenters. The topological polar surface area (TPSA) is 40.5 Å². The largest absolute Gasteiger partial charge is 0.369 e. The highest BCUT2D eigenvalue weighted by atomic mass is 28.2. The number of aliphatic hydroxyl groups is 2. The lowest BCUT2D eigenvalue weighted by atomic mass is 11.5. The Morgan fingerprint density at radius 3 is 1.80 bits per heavy atom. The Labute approximate surface area is 32.5 Å². The second kappa shape index (κ2) is 2.26. The van der Waals surface area contributed by atoms with Gasteiger partial charge in [0.05, 0.1) is 9.13 Å². The molecule has 0 aromatic heterocycles. The molecule has 0 spiro atoms. The minimum atomic E-state index is -1.20. The zero-order chi connectivity index (χ0) is 4.28. The summed E-state index contributed by atoms with van der Waals surface area (Å²) in [5, 5.41) is 15.7. The Bertz CT molecular complexity index is 34.6. The van der Waals surface area contributed by atoms with Crippen LogP contribution in [0.3, 0.4) is 0 Å². The van der Waals surface area contributed by atoms with Crippen LogP contribution in [0, 0.1) is 0 Å². The van der Waals surface area contributed by atoms with Crippen molar-refractivity contribution < 1.29 is 10.2 Å². The minimum absolute atomic E-state index is 0.0247. The summed E-state index contributed by atoms with van der Waals surface area (Å²) in [6.45, 7) is 0.